The topological polar surface area (TPSA) is 57.6 Å². The lowest BCUT2D eigenvalue weighted by Crippen LogP contribution is -2.35. The van der Waals surface area contributed by atoms with E-state index in [1.807, 2.05) is 0 Å². The van der Waals surface area contributed by atoms with Crippen LogP contribution in [0.4, 0.5) is 4.79 Å². The molecule has 1 aliphatic heterocycles. The van der Waals surface area contributed by atoms with E-state index in [4.69, 9.17) is 5.11 Å². The molecular weight excluding hydrogens is 158 g/mol. The van der Waals surface area contributed by atoms with Gasteiger partial charge in [0, 0.05) is 12.1 Å². The van der Waals surface area contributed by atoms with E-state index in [1.165, 1.54) is 4.90 Å². The Morgan fingerprint density at radius 3 is 2.83 bits per heavy atom. The van der Waals surface area contributed by atoms with Crippen molar-refractivity contribution in [1.82, 2.24) is 4.90 Å². The minimum Gasteiger partial charge on any atom is -0.465 e. The molecule has 0 aromatic rings. The smallest absolute Gasteiger partial charge is 0.407 e. The number of carbonyl (C=O) groups excluding carboxylic acids is 1. The van der Waals surface area contributed by atoms with Crippen LogP contribution in [-0.4, -0.2) is 35.0 Å². The van der Waals surface area contributed by atoms with E-state index in [0.717, 1.165) is 6.42 Å². The van der Waals surface area contributed by atoms with E-state index < -0.39 is 6.09 Å². The molecule has 0 aromatic heterocycles. The Hall–Kier alpha value is -1.32. The maximum absolute atomic E-state index is 10.6. The van der Waals surface area contributed by atoms with Gasteiger partial charge in [0.2, 0.25) is 0 Å². The molecule has 12 heavy (non-hydrogen) atoms. The van der Waals surface area contributed by atoms with E-state index in [0.29, 0.717) is 24.8 Å². The predicted molar refractivity (Wildman–Crippen MR) is 43.0 cm³/mol. The van der Waals surface area contributed by atoms with Crippen LogP contribution in [0.5, 0.6) is 0 Å². The molecule has 0 saturated carbocycles. The number of aldehydes is 1. The minimum atomic E-state index is -0.972. The molecule has 66 valence electrons. The van der Waals surface area contributed by atoms with Gasteiger partial charge < -0.3 is 10.0 Å². The van der Waals surface area contributed by atoms with Gasteiger partial charge in [0.15, 0.2) is 0 Å². The molecule has 0 radical (unpaired) electrons. The molecule has 1 rings (SSSR count). The fourth-order valence-corrected chi connectivity index (χ4v) is 1.46. The lowest BCUT2D eigenvalue weighted by atomic mass is 10.1. The third-order valence-corrected chi connectivity index (χ3v) is 2.08. The lowest BCUT2D eigenvalue weighted by molar-refractivity contribution is -0.105. The molecule has 0 bridgehead atoms. The molecule has 0 spiro atoms. The summed E-state index contributed by atoms with van der Waals surface area (Å²) in [4.78, 5) is 22.2. The molecule has 1 N–H and O–H groups in total. The number of hydrogen-bond acceptors (Lipinski definition) is 2. The zero-order chi connectivity index (χ0) is 9.14. The van der Waals surface area contributed by atoms with Crippen LogP contribution in [0.25, 0.3) is 0 Å². The highest BCUT2D eigenvalue weighted by molar-refractivity contribution is 5.77. The van der Waals surface area contributed by atoms with Crippen molar-refractivity contribution in [3.63, 3.8) is 0 Å². The number of nitrogens with zero attached hydrogens (tertiary/aromatic N) is 1. The quantitative estimate of drug-likeness (QED) is 0.493. The molecule has 4 heteroatoms. The predicted octanol–water partition coefficient (Wildman–Crippen LogP) is 0.884. The fourth-order valence-electron chi connectivity index (χ4n) is 1.46. The summed E-state index contributed by atoms with van der Waals surface area (Å²) in [5.74, 6) is 0. The Labute approximate surface area is 70.5 Å². The molecule has 1 fully saturated rings. The van der Waals surface area contributed by atoms with Gasteiger partial charge in [0.05, 0.1) is 6.04 Å². The Bertz CT molecular complexity index is 224. The number of carboxylic acid groups (broad SMARTS) is 1. The van der Waals surface area contributed by atoms with Crippen LogP contribution in [0, 0.1) is 0 Å². The maximum Gasteiger partial charge on any atom is 0.407 e. The Kier molecular flexibility index (Phi) is 2.47. The van der Waals surface area contributed by atoms with Gasteiger partial charge in [-0.15, -0.1) is 0 Å². The van der Waals surface area contributed by atoms with Gasteiger partial charge in [-0.2, -0.15) is 0 Å². The second-order valence-corrected chi connectivity index (χ2v) is 2.83. The lowest BCUT2D eigenvalue weighted by Gasteiger charge is -2.20. The fraction of sp³-hybridized carbons (Fsp3) is 0.500. The van der Waals surface area contributed by atoms with E-state index in [2.05, 4.69) is 6.58 Å². The van der Waals surface area contributed by atoms with E-state index in [-0.39, 0.29) is 6.04 Å². The molecule has 1 atom stereocenters. The number of likely N-dealkylation sites (tertiary alicyclic amines) is 1. The van der Waals surface area contributed by atoms with Crippen molar-refractivity contribution in [2.24, 2.45) is 0 Å². The number of hydrogen-bond donors (Lipinski definition) is 1. The van der Waals surface area contributed by atoms with Crippen LogP contribution in [0.2, 0.25) is 0 Å². The average molecular weight is 169 g/mol. The summed E-state index contributed by atoms with van der Waals surface area (Å²) in [6, 6.07) is -0.292. The van der Waals surface area contributed by atoms with Crippen molar-refractivity contribution in [3.8, 4) is 0 Å². The maximum atomic E-state index is 10.6. The first-order valence-corrected chi connectivity index (χ1v) is 3.80. The van der Waals surface area contributed by atoms with Crippen molar-refractivity contribution in [3.05, 3.63) is 12.2 Å². The van der Waals surface area contributed by atoms with E-state index >= 15 is 0 Å². The molecule has 1 saturated heterocycles. The zero-order valence-corrected chi connectivity index (χ0v) is 6.69. The van der Waals surface area contributed by atoms with Crippen molar-refractivity contribution in [2.75, 3.05) is 6.54 Å². The molecular formula is C8H11NO3. The van der Waals surface area contributed by atoms with Gasteiger partial charge in [-0.05, 0) is 12.8 Å². The van der Waals surface area contributed by atoms with Crippen molar-refractivity contribution >= 4 is 12.4 Å². The summed E-state index contributed by atoms with van der Waals surface area (Å²) in [5, 5.41) is 8.70. The molecule has 0 aliphatic carbocycles. The standard InChI is InChI=1S/C8H11NO3/c1-6(5-10)7-3-2-4-9(7)8(11)12/h5,7H,1-4H2,(H,11,12). The molecule has 1 amide bonds. The number of rotatable bonds is 2. The monoisotopic (exact) mass is 169 g/mol. The van der Waals surface area contributed by atoms with Crippen LogP contribution in [0.3, 0.4) is 0 Å². The van der Waals surface area contributed by atoms with Gasteiger partial charge in [-0.3, -0.25) is 4.79 Å². The normalized spacial score (nSPS) is 22.3. The van der Waals surface area contributed by atoms with Crippen molar-refractivity contribution in [1.29, 1.82) is 0 Å². The Morgan fingerprint density at radius 1 is 1.67 bits per heavy atom. The van der Waals surface area contributed by atoms with Gasteiger partial charge in [0.1, 0.15) is 6.29 Å². The van der Waals surface area contributed by atoms with Gasteiger partial charge in [0.25, 0.3) is 0 Å². The minimum absolute atomic E-state index is 0.292. The van der Waals surface area contributed by atoms with Gasteiger partial charge in [-0.25, -0.2) is 4.79 Å². The molecule has 1 heterocycles. The van der Waals surface area contributed by atoms with Crippen LogP contribution in [0.1, 0.15) is 12.8 Å². The molecule has 1 unspecified atom stereocenters. The number of amides is 1. The Balaban J connectivity index is 2.69. The second-order valence-electron chi connectivity index (χ2n) is 2.83. The second kappa shape index (κ2) is 3.38. The largest absolute Gasteiger partial charge is 0.465 e. The summed E-state index contributed by atoms with van der Waals surface area (Å²) >= 11 is 0. The number of carbonyl (C=O) groups is 2. The summed E-state index contributed by atoms with van der Waals surface area (Å²) in [6.07, 6.45) is 1.18. The van der Waals surface area contributed by atoms with Crippen LogP contribution in [-0.2, 0) is 4.79 Å². The van der Waals surface area contributed by atoms with Crippen LogP contribution in [0.15, 0.2) is 12.2 Å². The molecule has 0 aromatic carbocycles. The van der Waals surface area contributed by atoms with E-state index in [9.17, 15) is 9.59 Å². The van der Waals surface area contributed by atoms with Crippen LogP contribution < -0.4 is 0 Å². The molecule has 1 aliphatic rings. The first-order valence-electron chi connectivity index (χ1n) is 3.80. The molecule has 4 nitrogen and oxygen atoms in total. The zero-order valence-electron chi connectivity index (χ0n) is 6.69. The Morgan fingerprint density at radius 2 is 2.33 bits per heavy atom. The summed E-state index contributed by atoms with van der Waals surface area (Å²) in [6.45, 7) is 4.02. The van der Waals surface area contributed by atoms with E-state index in [1.54, 1.807) is 0 Å². The summed E-state index contributed by atoms with van der Waals surface area (Å²) in [5.41, 5.74) is 0.356. The third kappa shape index (κ3) is 1.47. The summed E-state index contributed by atoms with van der Waals surface area (Å²) < 4.78 is 0. The van der Waals surface area contributed by atoms with Crippen molar-refractivity contribution in [2.45, 2.75) is 18.9 Å². The van der Waals surface area contributed by atoms with Gasteiger partial charge >= 0.3 is 6.09 Å². The van der Waals surface area contributed by atoms with Gasteiger partial charge in [-0.1, -0.05) is 6.58 Å². The SMILES string of the molecule is C=C(C=O)C1CCCN1C(=O)O. The third-order valence-electron chi connectivity index (χ3n) is 2.08. The highest BCUT2D eigenvalue weighted by Crippen LogP contribution is 2.21. The van der Waals surface area contributed by atoms with Crippen molar-refractivity contribution < 1.29 is 14.7 Å². The van der Waals surface area contributed by atoms with Crippen LogP contribution >= 0.6 is 0 Å². The first kappa shape index (κ1) is 8.77. The first-order chi connectivity index (χ1) is 5.66. The highest BCUT2D eigenvalue weighted by atomic mass is 16.4. The highest BCUT2D eigenvalue weighted by Gasteiger charge is 2.29. The summed E-state index contributed by atoms with van der Waals surface area (Å²) in [7, 11) is 0. The average Bonchev–Trinajstić information content (AvgIpc) is 2.50.